The van der Waals surface area contributed by atoms with E-state index in [9.17, 15) is 9.18 Å². The Morgan fingerprint density at radius 3 is 2.88 bits per heavy atom. The summed E-state index contributed by atoms with van der Waals surface area (Å²) in [5.41, 5.74) is 2.43. The predicted molar refractivity (Wildman–Crippen MR) is 108 cm³/mol. The van der Waals surface area contributed by atoms with Gasteiger partial charge < -0.3 is 9.47 Å². The van der Waals surface area contributed by atoms with Crippen LogP contribution in [-0.4, -0.2) is 26.9 Å². The molecule has 0 saturated carbocycles. The molecule has 2 aromatic carbocycles. The first kappa shape index (κ1) is 17.5. The van der Waals surface area contributed by atoms with Crippen molar-refractivity contribution in [3.05, 3.63) is 63.2 Å². The largest absolute Gasteiger partial charge is 0.328 e. The zero-order valence-corrected chi connectivity index (χ0v) is 16.6. The van der Waals surface area contributed by atoms with Gasteiger partial charge in [-0.15, -0.1) is 0 Å². The summed E-state index contributed by atoms with van der Waals surface area (Å²) in [4.78, 5) is 19.7. The molecule has 26 heavy (non-hydrogen) atoms. The second kappa shape index (κ2) is 6.98. The van der Waals surface area contributed by atoms with Gasteiger partial charge in [-0.2, -0.15) is 0 Å². The van der Waals surface area contributed by atoms with E-state index in [0.29, 0.717) is 15.7 Å². The number of amides is 1. The van der Waals surface area contributed by atoms with Crippen LogP contribution in [0.4, 0.5) is 4.39 Å². The predicted octanol–water partition coefficient (Wildman–Crippen LogP) is 4.78. The molecule has 0 bridgehead atoms. The monoisotopic (exact) mass is 463 g/mol. The van der Waals surface area contributed by atoms with E-state index in [-0.39, 0.29) is 17.8 Å². The minimum atomic E-state index is -0.354. The number of fused-ring (bicyclic) bond motifs is 1. The number of aromatic nitrogens is 2. The molecule has 4 rings (SSSR count). The number of rotatable bonds is 3. The van der Waals surface area contributed by atoms with Crippen molar-refractivity contribution >= 4 is 39.5 Å². The van der Waals surface area contributed by atoms with E-state index >= 15 is 0 Å². The van der Waals surface area contributed by atoms with Crippen LogP contribution in [0.3, 0.4) is 0 Å². The van der Waals surface area contributed by atoms with E-state index in [1.807, 2.05) is 45.7 Å². The lowest BCUT2D eigenvalue weighted by Gasteiger charge is -2.25. The van der Waals surface area contributed by atoms with Gasteiger partial charge in [-0.1, -0.05) is 12.1 Å². The molecular formula is C20H19FIN3O. The van der Waals surface area contributed by atoms with E-state index in [1.165, 1.54) is 6.07 Å². The van der Waals surface area contributed by atoms with Crippen LogP contribution in [0.15, 0.2) is 42.5 Å². The van der Waals surface area contributed by atoms with E-state index in [2.05, 4.69) is 17.6 Å². The number of carbonyl (C=O) groups is 1. The number of hydrogen-bond acceptors (Lipinski definition) is 2. The molecule has 3 aromatic rings. The number of nitrogens with zero attached hydrogens (tertiary/aromatic N) is 3. The third-order valence-electron chi connectivity index (χ3n) is 4.98. The summed E-state index contributed by atoms with van der Waals surface area (Å²) in [6.07, 6.45) is 1.80. The molecule has 0 N–H and O–H groups in total. The van der Waals surface area contributed by atoms with Crippen molar-refractivity contribution in [1.82, 2.24) is 14.5 Å². The van der Waals surface area contributed by atoms with Crippen LogP contribution >= 0.6 is 22.6 Å². The first-order chi connectivity index (χ1) is 12.6. The molecule has 1 atom stereocenters. The lowest BCUT2D eigenvalue weighted by atomic mass is 10.1. The Morgan fingerprint density at radius 1 is 1.31 bits per heavy atom. The highest BCUT2D eigenvalue weighted by Crippen LogP contribution is 2.34. The summed E-state index contributed by atoms with van der Waals surface area (Å²) < 4.78 is 16.6. The molecule has 0 spiro atoms. The number of halogens is 2. The number of likely N-dealkylation sites (tertiary alicyclic amines) is 1. The standard InChI is InChI=1S/C20H19FIN3O/c1-2-24-17-7-4-3-6-16(17)23-19(24)18-8-5-11-25(18)20(26)13-9-10-15(22)14(21)12-13/h3-4,6-7,9-10,12,18H,2,5,8,11H2,1H3. The number of hydrogen-bond donors (Lipinski definition) is 0. The molecule has 1 saturated heterocycles. The molecule has 1 aliphatic heterocycles. The molecule has 2 heterocycles. The molecule has 4 nitrogen and oxygen atoms in total. The highest BCUT2D eigenvalue weighted by Gasteiger charge is 2.34. The van der Waals surface area contributed by atoms with Crippen LogP contribution in [-0.2, 0) is 6.54 Å². The van der Waals surface area contributed by atoms with Gasteiger partial charge >= 0.3 is 0 Å². The Balaban J connectivity index is 1.73. The average molecular weight is 463 g/mol. The Kier molecular flexibility index (Phi) is 4.69. The Hall–Kier alpha value is -1.96. The maximum Gasteiger partial charge on any atom is 0.254 e. The molecule has 6 heteroatoms. The number of carbonyl (C=O) groups excluding carboxylic acids is 1. The van der Waals surface area contributed by atoms with Crippen LogP contribution in [0.2, 0.25) is 0 Å². The quantitative estimate of drug-likeness (QED) is 0.525. The molecule has 1 fully saturated rings. The van der Waals surface area contributed by atoms with Gasteiger partial charge in [-0.05, 0) is 72.7 Å². The van der Waals surface area contributed by atoms with Gasteiger partial charge in [0.25, 0.3) is 5.91 Å². The first-order valence-electron chi connectivity index (χ1n) is 8.81. The maximum absolute atomic E-state index is 13.9. The number of para-hydroxylation sites is 2. The number of aryl methyl sites for hydroxylation is 1. The second-order valence-electron chi connectivity index (χ2n) is 6.49. The highest BCUT2D eigenvalue weighted by molar-refractivity contribution is 14.1. The van der Waals surface area contributed by atoms with E-state index in [0.717, 1.165) is 36.2 Å². The first-order valence-corrected chi connectivity index (χ1v) is 9.89. The normalized spacial score (nSPS) is 17.2. The minimum Gasteiger partial charge on any atom is -0.328 e. The zero-order chi connectivity index (χ0) is 18.3. The fraction of sp³-hybridized carbons (Fsp3) is 0.300. The summed E-state index contributed by atoms with van der Waals surface area (Å²) >= 11 is 1.93. The smallest absolute Gasteiger partial charge is 0.254 e. The summed E-state index contributed by atoms with van der Waals surface area (Å²) in [5, 5.41) is 0. The lowest BCUT2D eigenvalue weighted by Crippen LogP contribution is -2.32. The molecule has 0 radical (unpaired) electrons. The van der Waals surface area contributed by atoms with Crippen molar-refractivity contribution in [2.75, 3.05) is 6.54 Å². The maximum atomic E-state index is 13.9. The van der Waals surface area contributed by atoms with Crippen molar-refractivity contribution in [3.8, 4) is 0 Å². The highest BCUT2D eigenvalue weighted by atomic mass is 127. The molecule has 1 amide bonds. The van der Waals surface area contributed by atoms with Crippen LogP contribution in [0.1, 0.15) is 42.0 Å². The molecule has 0 aliphatic carbocycles. The van der Waals surface area contributed by atoms with Crippen molar-refractivity contribution in [3.63, 3.8) is 0 Å². The van der Waals surface area contributed by atoms with E-state index < -0.39 is 0 Å². The van der Waals surface area contributed by atoms with Crippen molar-refractivity contribution in [2.24, 2.45) is 0 Å². The van der Waals surface area contributed by atoms with Crippen molar-refractivity contribution < 1.29 is 9.18 Å². The third kappa shape index (κ3) is 2.90. The molecule has 1 aliphatic rings. The summed E-state index contributed by atoms with van der Waals surface area (Å²) in [6, 6.07) is 12.7. The molecule has 1 aromatic heterocycles. The van der Waals surface area contributed by atoms with Crippen LogP contribution in [0.25, 0.3) is 11.0 Å². The Bertz CT molecular complexity index is 984. The van der Waals surface area contributed by atoms with Crippen LogP contribution < -0.4 is 0 Å². The van der Waals surface area contributed by atoms with Gasteiger partial charge in [0, 0.05) is 22.2 Å². The fourth-order valence-electron chi connectivity index (χ4n) is 3.75. The van der Waals surface area contributed by atoms with Crippen molar-refractivity contribution in [2.45, 2.75) is 32.4 Å². The Morgan fingerprint density at radius 2 is 2.12 bits per heavy atom. The molecule has 1 unspecified atom stereocenters. The second-order valence-corrected chi connectivity index (χ2v) is 7.65. The fourth-order valence-corrected chi connectivity index (χ4v) is 4.09. The summed E-state index contributed by atoms with van der Waals surface area (Å²) in [5.74, 6) is 0.441. The van der Waals surface area contributed by atoms with Gasteiger partial charge in [0.05, 0.1) is 17.1 Å². The van der Waals surface area contributed by atoms with Gasteiger partial charge in [-0.25, -0.2) is 9.37 Å². The SMILES string of the molecule is CCn1c(C2CCCN2C(=O)c2ccc(I)c(F)c2)nc2ccccc21. The summed E-state index contributed by atoms with van der Waals surface area (Å²) in [7, 11) is 0. The van der Waals surface area contributed by atoms with Gasteiger partial charge in [0.1, 0.15) is 11.6 Å². The Labute approximate surface area is 165 Å². The summed E-state index contributed by atoms with van der Waals surface area (Å²) in [6.45, 7) is 3.56. The van der Waals surface area contributed by atoms with Crippen LogP contribution in [0.5, 0.6) is 0 Å². The topological polar surface area (TPSA) is 38.1 Å². The van der Waals surface area contributed by atoms with Gasteiger partial charge in [0.2, 0.25) is 0 Å². The van der Waals surface area contributed by atoms with Gasteiger partial charge in [-0.3, -0.25) is 4.79 Å². The number of imidazole rings is 1. The third-order valence-corrected chi connectivity index (χ3v) is 5.85. The minimum absolute atomic E-state index is 0.0720. The zero-order valence-electron chi connectivity index (χ0n) is 14.5. The van der Waals surface area contributed by atoms with E-state index in [1.54, 1.807) is 12.1 Å². The van der Waals surface area contributed by atoms with Crippen molar-refractivity contribution in [1.29, 1.82) is 0 Å². The average Bonchev–Trinajstić information content (AvgIpc) is 3.27. The van der Waals surface area contributed by atoms with E-state index in [4.69, 9.17) is 4.98 Å². The van der Waals surface area contributed by atoms with Crippen LogP contribution in [0, 0.1) is 9.39 Å². The molecular weight excluding hydrogens is 444 g/mol. The van der Waals surface area contributed by atoms with Gasteiger partial charge in [0.15, 0.2) is 0 Å². The molecule has 134 valence electrons. The lowest BCUT2D eigenvalue weighted by molar-refractivity contribution is 0.0727. The number of benzene rings is 2.